The Morgan fingerprint density at radius 2 is 1.76 bits per heavy atom. The Hall–Kier alpha value is -1.03. The highest BCUT2D eigenvalue weighted by Gasteiger charge is 2.50. The van der Waals surface area contributed by atoms with Crippen molar-refractivity contribution < 1.29 is 35.3 Å². The fourth-order valence-corrected chi connectivity index (χ4v) is 4.02. The van der Waals surface area contributed by atoms with Crippen LogP contribution in [0.1, 0.15) is 52.9 Å². The lowest BCUT2D eigenvalue weighted by atomic mass is 9.85. The molecule has 0 N–H and O–H groups in total. The van der Waals surface area contributed by atoms with E-state index in [9.17, 15) is 26.4 Å². The number of rotatable bonds is 3. The molecule has 1 amide bonds. The quantitative estimate of drug-likeness (QED) is 0.548. The van der Waals surface area contributed by atoms with Crippen molar-refractivity contribution in [1.29, 1.82) is 0 Å². The van der Waals surface area contributed by atoms with E-state index < -0.39 is 40.0 Å². The SMILES string of the molecule is CC(C)(C)OC(=O)N1[C@H](COS(=O)(=O)C(F)(F)F)C[C@@H]2CCCC[C@@H]21. The van der Waals surface area contributed by atoms with Crippen LogP contribution in [-0.4, -0.2) is 49.2 Å². The van der Waals surface area contributed by atoms with Gasteiger partial charge in [0.15, 0.2) is 0 Å². The molecule has 0 aromatic carbocycles. The van der Waals surface area contributed by atoms with Gasteiger partial charge in [0.25, 0.3) is 0 Å². The lowest BCUT2D eigenvalue weighted by molar-refractivity contribution is -0.0555. The third kappa shape index (κ3) is 4.78. The van der Waals surface area contributed by atoms with E-state index in [2.05, 4.69) is 4.18 Å². The molecular weight excluding hydrogens is 363 g/mol. The standard InChI is InChI=1S/C15H24F3NO5S/c1-14(2,3)24-13(20)19-11(8-10-6-4-5-7-12(10)19)9-23-25(21,22)15(16,17)18/h10-12H,4-9H2,1-3H3/t10-,11-,12-/m0/s1. The summed E-state index contributed by atoms with van der Waals surface area (Å²) in [7, 11) is -5.68. The molecule has 1 aliphatic heterocycles. The molecule has 0 unspecified atom stereocenters. The van der Waals surface area contributed by atoms with Gasteiger partial charge in [-0.1, -0.05) is 12.8 Å². The van der Waals surface area contributed by atoms with Crippen LogP contribution in [-0.2, 0) is 19.0 Å². The van der Waals surface area contributed by atoms with Crippen LogP contribution in [0.5, 0.6) is 0 Å². The zero-order valence-electron chi connectivity index (χ0n) is 14.5. The van der Waals surface area contributed by atoms with E-state index >= 15 is 0 Å². The Labute approximate surface area is 145 Å². The first kappa shape index (κ1) is 20.3. The number of fused-ring (bicyclic) bond motifs is 1. The average Bonchev–Trinajstić information content (AvgIpc) is 2.80. The maximum absolute atomic E-state index is 12.5. The molecule has 1 heterocycles. The van der Waals surface area contributed by atoms with Gasteiger partial charge in [-0.3, -0.25) is 9.08 Å². The van der Waals surface area contributed by atoms with Gasteiger partial charge in [-0.2, -0.15) is 21.6 Å². The second-order valence-electron chi connectivity index (χ2n) is 7.57. The molecule has 2 aliphatic rings. The van der Waals surface area contributed by atoms with Crippen LogP contribution >= 0.6 is 0 Å². The molecule has 1 saturated carbocycles. The number of nitrogens with zero attached hydrogens (tertiary/aromatic N) is 1. The summed E-state index contributed by atoms with van der Waals surface area (Å²) in [5.74, 6) is 0.128. The third-order valence-corrected chi connectivity index (χ3v) is 5.51. The van der Waals surface area contributed by atoms with Gasteiger partial charge < -0.3 is 4.74 Å². The monoisotopic (exact) mass is 387 g/mol. The Balaban J connectivity index is 2.15. The fraction of sp³-hybridized carbons (Fsp3) is 0.933. The van der Waals surface area contributed by atoms with Gasteiger partial charge in [0.05, 0.1) is 12.6 Å². The molecule has 0 aromatic rings. The van der Waals surface area contributed by atoms with Crippen LogP contribution < -0.4 is 0 Å². The highest BCUT2D eigenvalue weighted by Crippen LogP contribution is 2.41. The zero-order chi connectivity index (χ0) is 19.0. The number of ether oxygens (including phenoxy) is 1. The first-order valence-electron chi connectivity index (χ1n) is 8.29. The van der Waals surface area contributed by atoms with Gasteiger partial charge in [-0.05, 0) is 46.0 Å². The predicted octanol–water partition coefficient (Wildman–Crippen LogP) is 3.42. The molecule has 0 spiro atoms. The molecule has 146 valence electrons. The highest BCUT2D eigenvalue weighted by molar-refractivity contribution is 7.87. The Morgan fingerprint density at radius 1 is 1.16 bits per heavy atom. The zero-order valence-corrected chi connectivity index (χ0v) is 15.3. The van der Waals surface area contributed by atoms with E-state index in [4.69, 9.17) is 4.74 Å². The lowest BCUT2D eigenvalue weighted by Crippen LogP contribution is -2.47. The summed E-state index contributed by atoms with van der Waals surface area (Å²) >= 11 is 0. The van der Waals surface area contributed by atoms with Crippen LogP contribution in [0.3, 0.4) is 0 Å². The second kappa shape index (κ2) is 6.94. The van der Waals surface area contributed by atoms with E-state index in [1.807, 2.05) is 0 Å². The van der Waals surface area contributed by atoms with E-state index in [1.54, 1.807) is 20.8 Å². The summed E-state index contributed by atoms with van der Waals surface area (Å²) < 4.78 is 69.2. The number of amides is 1. The number of hydrogen-bond donors (Lipinski definition) is 0. The summed E-state index contributed by atoms with van der Waals surface area (Å²) in [4.78, 5) is 13.9. The Bertz CT molecular complexity index is 599. The molecule has 0 radical (unpaired) electrons. The summed E-state index contributed by atoms with van der Waals surface area (Å²) in [6.45, 7) is 4.37. The molecule has 0 aromatic heterocycles. The average molecular weight is 387 g/mol. The first-order chi connectivity index (χ1) is 11.3. The van der Waals surface area contributed by atoms with E-state index in [0.717, 1.165) is 25.7 Å². The molecule has 25 heavy (non-hydrogen) atoms. The van der Waals surface area contributed by atoms with Crippen molar-refractivity contribution in [1.82, 2.24) is 4.90 Å². The van der Waals surface area contributed by atoms with Gasteiger partial charge in [0.2, 0.25) is 0 Å². The van der Waals surface area contributed by atoms with Crippen LogP contribution in [0, 0.1) is 5.92 Å². The minimum atomic E-state index is -5.68. The van der Waals surface area contributed by atoms with Gasteiger partial charge in [0.1, 0.15) is 5.60 Å². The van der Waals surface area contributed by atoms with Crippen LogP contribution in [0.15, 0.2) is 0 Å². The summed E-state index contributed by atoms with van der Waals surface area (Å²) in [6.07, 6.45) is 3.25. The van der Waals surface area contributed by atoms with Crippen molar-refractivity contribution in [2.24, 2.45) is 5.92 Å². The number of likely N-dealkylation sites (tertiary alicyclic amines) is 1. The minimum absolute atomic E-state index is 0.128. The van der Waals surface area contributed by atoms with Crippen molar-refractivity contribution in [3.05, 3.63) is 0 Å². The molecule has 1 aliphatic carbocycles. The van der Waals surface area contributed by atoms with Crippen molar-refractivity contribution in [2.75, 3.05) is 6.61 Å². The third-order valence-electron chi connectivity index (χ3n) is 4.50. The first-order valence-corrected chi connectivity index (χ1v) is 9.69. The number of carbonyl (C=O) groups is 1. The smallest absolute Gasteiger partial charge is 0.444 e. The van der Waals surface area contributed by atoms with E-state index in [1.165, 1.54) is 4.90 Å². The summed E-state index contributed by atoms with van der Waals surface area (Å²) in [5.41, 5.74) is -6.23. The number of carbonyl (C=O) groups excluding carboxylic acids is 1. The van der Waals surface area contributed by atoms with Gasteiger partial charge in [-0.25, -0.2) is 4.79 Å². The topological polar surface area (TPSA) is 72.9 Å². The normalized spacial score (nSPS) is 27.9. The number of halogens is 3. The summed E-state index contributed by atoms with van der Waals surface area (Å²) in [6, 6.07) is -0.897. The van der Waals surface area contributed by atoms with Crippen LogP contribution in [0.4, 0.5) is 18.0 Å². The van der Waals surface area contributed by atoms with Crippen molar-refractivity contribution >= 4 is 16.2 Å². The Morgan fingerprint density at radius 3 is 2.32 bits per heavy atom. The molecule has 10 heteroatoms. The minimum Gasteiger partial charge on any atom is -0.444 e. The Kier molecular flexibility index (Phi) is 5.63. The fourth-order valence-electron chi connectivity index (χ4n) is 3.55. The van der Waals surface area contributed by atoms with E-state index in [-0.39, 0.29) is 12.0 Å². The van der Waals surface area contributed by atoms with Gasteiger partial charge >= 0.3 is 21.7 Å². The lowest BCUT2D eigenvalue weighted by Gasteiger charge is -2.35. The van der Waals surface area contributed by atoms with E-state index in [0.29, 0.717) is 6.42 Å². The number of hydrogen-bond acceptors (Lipinski definition) is 5. The largest absolute Gasteiger partial charge is 0.523 e. The highest BCUT2D eigenvalue weighted by atomic mass is 32.2. The molecule has 2 fully saturated rings. The van der Waals surface area contributed by atoms with Crippen molar-refractivity contribution in [3.8, 4) is 0 Å². The number of alkyl halides is 3. The predicted molar refractivity (Wildman–Crippen MR) is 83.2 cm³/mol. The van der Waals surface area contributed by atoms with Gasteiger partial charge in [0, 0.05) is 6.04 Å². The van der Waals surface area contributed by atoms with Crippen molar-refractivity contribution in [2.45, 2.75) is 76.1 Å². The van der Waals surface area contributed by atoms with Gasteiger partial charge in [-0.15, -0.1) is 0 Å². The summed E-state index contributed by atoms with van der Waals surface area (Å²) in [5, 5.41) is 0. The maximum Gasteiger partial charge on any atom is 0.523 e. The van der Waals surface area contributed by atoms with Crippen molar-refractivity contribution in [3.63, 3.8) is 0 Å². The molecule has 2 rings (SSSR count). The van der Waals surface area contributed by atoms with Crippen LogP contribution in [0.25, 0.3) is 0 Å². The molecular formula is C15H24F3NO5S. The molecule has 3 atom stereocenters. The second-order valence-corrected chi connectivity index (χ2v) is 9.18. The molecule has 6 nitrogen and oxygen atoms in total. The molecule has 0 bridgehead atoms. The maximum atomic E-state index is 12.5. The van der Waals surface area contributed by atoms with Crippen LogP contribution in [0.2, 0.25) is 0 Å². The molecule has 1 saturated heterocycles.